The van der Waals surface area contributed by atoms with E-state index in [-0.39, 0.29) is 0 Å². The minimum atomic E-state index is 0.485. The molecule has 0 saturated heterocycles. The SMILES string of the molecule is Cc1cc(-c2nc(-c3ccccc3N)no2)ccc1Br. The second-order valence-corrected chi connectivity index (χ2v) is 5.33. The molecule has 100 valence electrons. The van der Waals surface area contributed by atoms with Crippen LogP contribution in [0.4, 0.5) is 5.69 Å². The van der Waals surface area contributed by atoms with Gasteiger partial charge in [-0.15, -0.1) is 0 Å². The normalized spacial score (nSPS) is 10.7. The third-order valence-corrected chi connectivity index (χ3v) is 3.92. The number of hydrogen-bond acceptors (Lipinski definition) is 4. The third kappa shape index (κ3) is 2.32. The van der Waals surface area contributed by atoms with Crippen LogP contribution in [0.15, 0.2) is 51.5 Å². The van der Waals surface area contributed by atoms with Gasteiger partial charge in [-0.1, -0.05) is 33.2 Å². The topological polar surface area (TPSA) is 64.9 Å². The Morgan fingerprint density at radius 2 is 1.95 bits per heavy atom. The average molecular weight is 330 g/mol. The molecule has 1 aromatic heterocycles. The third-order valence-electron chi connectivity index (χ3n) is 3.03. The molecule has 2 aromatic carbocycles. The average Bonchev–Trinajstić information content (AvgIpc) is 2.92. The Labute approximate surface area is 124 Å². The Morgan fingerprint density at radius 3 is 2.70 bits per heavy atom. The monoisotopic (exact) mass is 329 g/mol. The summed E-state index contributed by atoms with van der Waals surface area (Å²) in [4.78, 5) is 4.41. The maximum atomic E-state index is 5.92. The predicted molar refractivity (Wildman–Crippen MR) is 82.0 cm³/mol. The molecule has 0 bridgehead atoms. The smallest absolute Gasteiger partial charge is 0.258 e. The number of nitrogens with zero attached hydrogens (tertiary/aromatic N) is 2. The maximum absolute atomic E-state index is 5.92. The molecule has 0 aliphatic carbocycles. The van der Waals surface area contributed by atoms with E-state index in [4.69, 9.17) is 10.3 Å². The lowest BCUT2D eigenvalue weighted by Crippen LogP contribution is -1.90. The van der Waals surface area contributed by atoms with Gasteiger partial charge < -0.3 is 10.3 Å². The Bertz CT molecular complexity index is 767. The molecular formula is C15H12BrN3O. The maximum Gasteiger partial charge on any atom is 0.258 e. The van der Waals surface area contributed by atoms with Crippen molar-refractivity contribution in [2.75, 3.05) is 5.73 Å². The van der Waals surface area contributed by atoms with Gasteiger partial charge in [-0.25, -0.2) is 0 Å². The molecule has 4 nitrogen and oxygen atoms in total. The molecule has 0 fully saturated rings. The van der Waals surface area contributed by atoms with Crippen molar-refractivity contribution in [3.63, 3.8) is 0 Å². The minimum absolute atomic E-state index is 0.485. The Kier molecular flexibility index (Phi) is 3.28. The number of rotatable bonds is 2. The van der Waals surface area contributed by atoms with Gasteiger partial charge in [0.1, 0.15) is 0 Å². The van der Waals surface area contributed by atoms with Crippen molar-refractivity contribution < 1.29 is 4.52 Å². The van der Waals surface area contributed by atoms with E-state index in [1.807, 2.05) is 49.4 Å². The van der Waals surface area contributed by atoms with E-state index in [0.29, 0.717) is 17.4 Å². The van der Waals surface area contributed by atoms with E-state index in [9.17, 15) is 0 Å². The number of nitrogens with two attached hydrogens (primary N) is 1. The number of para-hydroxylation sites is 1. The molecule has 3 rings (SSSR count). The fraction of sp³-hybridized carbons (Fsp3) is 0.0667. The van der Waals surface area contributed by atoms with Crippen LogP contribution in [0.2, 0.25) is 0 Å². The lowest BCUT2D eigenvalue weighted by Gasteiger charge is -1.99. The molecule has 0 spiro atoms. The lowest BCUT2D eigenvalue weighted by molar-refractivity contribution is 0.432. The van der Waals surface area contributed by atoms with Gasteiger partial charge in [0, 0.05) is 21.3 Å². The summed E-state index contributed by atoms with van der Waals surface area (Å²) in [5.41, 5.74) is 9.32. The van der Waals surface area contributed by atoms with E-state index >= 15 is 0 Å². The second-order valence-electron chi connectivity index (χ2n) is 4.47. The first-order valence-corrected chi connectivity index (χ1v) is 6.89. The molecular weight excluding hydrogens is 318 g/mol. The van der Waals surface area contributed by atoms with Crippen LogP contribution in [-0.4, -0.2) is 10.1 Å². The number of anilines is 1. The van der Waals surface area contributed by atoms with Gasteiger partial charge in [0.2, 0.25) is 5.82 Å². The number of aromatic nitrogens is 2. The summed E-state index contributed by atoms with van der Waals surface area (Å²) in [6.45, 7) is 2.01. The minimum Gasteiger partial charge on any atom is -0.398 e. The molecule has 20 heavy (non-hydrogen) atoms. The Morgan fingerprint density at radius 1 is 1.15 bits per heavy atom. The van der Waals surface area contributed by atoms with Crippen LogP contribution in [0.5, 0.6) is 0 Å². The summed E-state index contributed by atoms with van der Waals surface area (Å²) in [7, 11) is 0. The van der Waals surface area contributed by atoms with Crippen molar-refractivity contribution in [1.29, 1.82) is 0 Å². The van der Waals surface area contributed by atoms with Crippen molar-refractivity contribution in [3.8, 4) is 22.8 Å². The van der Waals surface area contributed by atoms with Gasteiger partial charge in [-0.2, -0.15) is 4.98 Å². The number of benzene rings is 2. The molecule has 0 unspecified atom stereocenters. The van der Waals surface area contributed by atoms with Crippen LogP contribution in [0.3, 0.4) is 0 Å². The first-order chi connectivity index (χ1) is 9.65. The van der Waals surface area contributed by atoms with Gasteiger partial charge in [-0.3, -0.25) is 0 Å². The zero-order chi connectivity index (χ0) is 14.1. The Hall–Kier alpha value is -2.14. The van der Waals surface area contributed by atoms with Gasteiger partial charge in [-0.05, 0) is 42.8 Å². The molecule has 2 N–H and O–H groups in total. The van der Waals surface area contributed by atoms with Crippen molar-refractivity contribution in [1.82, 2.24) is 10.1 Å². The molecule has 0 radical (unpaired) electrons. The van der Waals surface area contributed by atoms with Crippen LogP contribution in [0, 0.1) is 6.92 Å². The van der Waals surface area contributed by atoms with E-state index in [0.717, 1.165) is 21.2 Å². The number of nitrogen functional groups attached to an aromatic ring is 1. The van der Waals surface area contributed by atoms with Gasteiger partial charge in [0.25, 0.3) is 5.89 Å². The molecule has 0 saturated carbocycles. The van der Waals surface area contributed by atoms with Crippen LogP contribution in [0.1, 0.15) is 5.56 Å². The van der Waals surface area contributed by atoms with E-state index in [1.54, 1.807) is 0 Å². The standard InChI is InChI=1S/C15H12BrN3O/c1-9-8-10(6-7-12(9)16)15-18-14(19-20-15)11-4-2-3-5-13(11)17/h2-8H,17H2,1H3. The fourth-order valence-electron chi connectivity index (χ4n) is 1.93. The lowest BCUT2D eigenvalue weighted by atomic mass is 10.1. The van der Waals surface area contributed by atoms with Crippen LogP contribution in [0.25, 0.3) is 22.8 Å². The van der Waals surface area contributed by atoms with Crippen molar-refractivity contribution in [3.05, 3.63) is 52.5 Å². The van der Waals surface area contributed by atoms with Crippen molar-refractivity contribution >= 4 is 21.6 Å². The summed E-state index contributed by atoms with van der Waals surface area (Å²) in [6.07, 6.45) is 0. The first kappa shape index (κ1) is 12.9. The number of halogens is 1. The zero-order valence-corrected chi connectivity index (χ0v) is 12.4. The zero-order valence-electron chi connectivity index (χ0n) is 10.8. The van der Waals surface area contributed by atoms with Crippen LogP contribution < -0.4 is 5.73 Å². The molecule has 0 atom stereocenters. The Balaban J connectivity index is 2.02. The summed E-state index contributed by atoms with van der Waals surface area (Å²) in [5, 5.41) is 4.00. The summed E-state index contributed by atoms with van der Waals surface area (Å²) >= 11 is 3.47. The van der Waals surface area contributed by atoms with E-state index in [1.165, 1.54) is 0 Å². The van der Waals surface area contributed by atoms with Gasteiger partial charge in [0.05, 0.1) is 0 Å². The highest BCUT2D eigenvalue weighted by Gasteiger charge is 2.12. The van der Waals surface area contributed by atoms with Crippen molar-refractivity contribution in [2.45, 2.75) is 6.92 Å². The highest BCUT2D eigenvalue weighted by atomic mass is 79.9. The molecule has 0 amide bonds. The van der Waals surface area contributed by atoms with E-state index < -0.39 is 0 Å². The quantitative estimate of drug-likeness (QED) is 0.720. The number of aryl methyl sites for hydroxylation is 1. The van der Waals surface area contributed by atoms with Crippen LogP contribution in [-0.2, 0) is 0 Å². The second kappa shape index (κ2) is 5.09. The van der Waals surface area contributed by atoms with Gasteiger partial charge in [0.15, 0.2) is 0 Å². The fourth-order valence-corrected chi connectivity index (χ4v) is 2.18. The largest absolute Gasteiger partial charge is 0.398 e. The predicted octanol–water partition coefficient (Wildman–Crippen LogP) is 4.06. The first-order valence-electron chi connectivity index (χ1n) is 6.10. The van der Waals surface area contributed by atoms with Crippen LogP contribution >= 0.6 is 15.9 Å². The molecule has 1 heterocycles. The summed E-state index contributed by atoms with van der Waals surface area (Å²) < 4.78 is 6.37. The molecule has 3 aromatic rings. The summed E-state index contributed by atoms with van der Waals surface area (Å²) in [6, 6.07) is 13.3. The van der Waals surface area contributed by atoms with Crippen molar-refractivity contribution in [2.24, 2.45) is 0 Å². The summed E-state index contributed by atoms with van der Waals surface area (Å²) in [5.74, 6) is 0.984. The molecule has 5 heteroatoms. The molecule has 0 aliphatic rings. The van der Waals surface area contributed by atoms with Gasteiger partial charge >= 0.3 is 0 Å². The molecule has 0 aliphatic heterocycles. The van der Waals surface area contributed by atoms with E-state index in [2.05, 4.69) is 26.1 Å². The highest BCUT2D eigenvalue weighted by Crippen LogP contribution is 2.27. The number of hydrogen-bond donors (Lipinski definition) is 1. The highest BCUT2D eigenvalue weighted by molar-refractivity contribution is 9.10.